The summed E-state index contributed by atoms with van der Waals surface area (Å²) in [5.41, 5.74) is 2.88. The van der Waals surface area contributed by atoms with Gasteiger partial charge in [0.25, 0.3) is 0 Å². The predicted octanol–water partition coefficient (Wildman–Crippen LogP) is 2.32. The van der Waals surface area contributed by atoms with Crippen molar-refractivity contribution in [1.29, 1.82) is 0 Å². The van der Waals surface area contributed by atoms with Crippen LogP contribution in [-0.4, -0.2) is 31.6 Å². The molecule has 0 spiro atoms. The van der Waals surface area contributed by atoms with Crippen molar-refractivity contribution in [3.63, 3.8) is 0 Å². The van der Waals surface area contributed by atoms with Gasteiger partial charge in [0.1, 0.15) is 5.75 Å². The Balaban J connectivity index is 1.99. The molecule has 0 unspecified atom stereocenters. The van der Waals surface area contributed by atoms with E-state index in [0.717, 1.165) is 12.3 Å². The van der Waals surface area contributed by atoms with Crippen LogP contribution in [0.15, 0.2) is 18.2 Å². The lowest BCUT2D eigenvalue weighted by atomic mass is 9.84. The van der Waals surface area contributed by atoms with Crippen LogP contribution in [0.1, 0.15) is 36.4 Å². The van der Waals surface area contributed by atoms with Crippen LogP contribution in [0.2, 0.25) is 0 Å². The van der Waals surface area contributed by atoms with Crippen LogP contribution in [-0.2, 0) is 6.54 Å². The summed E-state index contributed by atoms with van der Waals surface area (Å²) in [5, 5.41) is 3.51. The average molecular weight is 246 g/mol. The van der Waals surface area contributed by atoms with Crippen LogP contribution in [0.3, 0.4) is 0 Å². The maximum absolute atomic E-state index is 5.37. The smallest absolute Gasteiger partial charge is 0.119 e. The van der Waals surface area contributed by atoms with E-state index >= 15 is 0 Å². The summed E-state index contributed by atoms with van der Waals surface area (Å²) in [6.45, 7) is 2.34. The van der Waals surface area contributed by atoms with E-state index < -0.39 is 0 Å². The number of methoxy groups -OCH3 is 1. The lowest BCUT2D eigenvalue weighted by molar-refractivity contribution is 0.0944. The van der Waals surface area contributed by atoms with Gasteiger partial charge >= 0.3 is 0 Å². The van der Waals surface area contributed by atoms with E-state index in [1.807, 2.05) is 0 Å². The van der Waals surface area contributed by atoms with Crippen molar-refractivity contribution in [3.8, 4) is 5.75 Å². The number of ether oxygens (including phenoxy) is 1. The molecule has 0 bridgehead atoms. The van der Waals surface area contributed by atoms with E-state index in [0.29, 0.717) is 12.1 Å². The first-order valence-corrected chi connectivity index (χ1v) is 6.91. The molecule has 2 atom stereocenters. The van der Waals surface area contributed by atoms with Gasteiger partial charge in [0.2, 0.25) is 0 Å². The first-order valence-electron chi connectivity index (χ1n) is 6.91. The molecule has 1 fully saturated rings. The summed E-state index contributed by atoms with van der Waals surface area (Å²) in [5.74, 6) is 0.971. The third-order valence-electron chi connectivity index (χ3n) is 4.42. The van der Waals surface area contributed by atoms with Crippen LogP contribution in [0.4, 0.5) is 0 Å². The zero-order valence-corrected chi connectivity index (χ0v) is 11.3. The summed E-state index contributed by atoms with van der Waals surface area (Å²) in [7, 11) is 3.82. The molecular weight excluding hydrogens is 224 g/mol. The maximum atomic E-state index is 5.37. The van der Waals surface area contributed by atoms with E-state index in [1.54, 1.807) is 7.11 Å². The molecule has 1 aromatic carbocycles. The summed E-state index contributed by atoms with van der Waals surface area (Å²) >= 11 is 0. The number of hydrogen-bond donors (Lipinski definition) is 1. The van der Waals surface area contributed by atoms with Crippen molar-refractivity contribution >= 4 is 0 Å². The highest BCUT2D eigenvalue weighted by Crippen LogP contribution is 2.37. The topological polar surface area (TPSA) is 24.5 Å². The highest BCUT2D eigenvalue weighted by atomic mass is 16.5. The standard InChI is InChI=1S/C15H22N2O/c1-16-15-13-9-12(18-2)7-6-11(13)10-17-8-4-3-5-14(15)17/h6-7,9,14-16H,3-5,8,10H2,1-2H3/t14-,15-/m0/s1. The van der Waals surface area contributed by atoms with E-state index in [2.05, 4.69) is 35.5 Å². The van der Waals surface area contributed by atoms with Crippen molar-refractivity contribution < 1.29 is 4.74 Å². The van der Waals surface area contributed by atoms with Gasteiger partial charge in [-0.15, -0.1) is 0 Å². The molecule has 18 heavy (non-hydrogen) atoms. The van der Waals surface area contributed by atoms with Crippen LogP contribution in [0, 0.1) is 0 Å². The second-order valence-electron chi connectivity index (χ2n) is 5.36. The largest absolute Gasteiger partial charge is 0.497 e. The summed E-state index contributed by atoms with van der Waals surface area (Å²) in [6.07, 6.45) is 4.01. The zero-order valence-electron chi connectivity index (χ0n) is 11.3. The van der Waals surface area contributed by atoms with Crippen molar-refractivity contribution in [1.82, 2.24) is 10.2 Å². The number of rotatable bonds is 2. The Labute approximate surface area is 109 Å². The molecule has 0 saturated carbocycles. The Morgan fingerprint density at radius 1 is 1.33 bits per heavy atom. The molecule has 0 aliphatic carbocycles. The molecule has 3 heteroatoms. The minimum absolute atomic E-state index is 0.448. The Hall–Kier alpha value is -1.06. The molecule has 3 nitrogen and oxygen atoms in total. The number of fused-ring (bicyclic) bond motifs is 2. The van der Waals surface area contributed by atoms with Gasteiger partial charge < -0.3 is 10.1 Å². The zero-order chi connectivity index (χ0) is 12.5. The minimum atomic E-state index is 0.448. The summed E-state index contributed by atoms with van der Waals surface area (Å²) < 4.78 is 5.37. The minimum Gasteiger partial charge on any atom is -0.497 e. The van der Waals surface area contributed by atoms with E-state index in [-0.39, 0.29) is 0 Å². The number of piperidine rings is 1. The van der Waals surface area contributed by atoms with Gasteiger partial charge in [-0.3, -0.25) is 4.90 Å². The first-order chi connectivity index (χ1) is 8.83. The fourth-order valence-corrected chi connectivity index (χ4v) is 3.50. The van der Waals surface area contributed by atoms with Gasteiger partial charge in [0, 0.05) is 18.6 Å². The van der Waals surface area contributed by atoms with E-state index in [4.69, 9.17) is 4.74 Å². The molecular formula is C15H22N2O. The highest BCUT2D eigenvalue weighted by Gasteiger charge is 2.35. The van der Waals surface area contributed by atoms with E-state index in [9.17, 15) is 0 Å². The molecule has 1 saturated heterocycles. The van der Waals surface area contributed by atoms with Crippen molar-refractivity contribution in [2.24, 2.45) is 0 Å². The van der Waals surface area contributed by atoms with Crippen molar-refractivity contribution in [2.45, 2.75) is 37.9 Å². The fourth-order valence-electron chi connectivity index (χ4n) is 3.50. The van der Waals surface area contributed by atoms with Crippen LogP contribution in [0.25, 0.3) is 0 Å². The molecule has 0 amide bonds. The van der Waals surface area contributed by atoms with Gasteiger partial charge in [-0.25, -0.2) is 0 Å². The van der Waals surface area contributed by atoms with Crippen LogP contribution >= 0.6 is 0 Å². The molecule has 0 radical (unpaired) electrons. The van der Waals surface area contributed by atoms with Gasteiger partial charge in [-0.2, -0.15) is 0 Å². The number of nitrogens with one attached hydrogen (secondary N) is 1. The highest BCUT2D eigenvalue weighted by molar-refractivity contribution is 5.40. The molecule has 2 aliphatic heterocycles. The molecule has 3 rings (SSSR count). The van der Waals surface area contributed by atoms with Crippen molar-refractivity contribution in [3.05, 3.63) is 29.3 Å². The monoisotopic (exact) mass is 246 g/mol. The molecule has 1 N–H and O–H groups in total. The van der Waals surface area contributed by atoms with Gasteiger partial charge in [-0.1, -0.05) is 12.5 Å². The summed E-state index contributed by atoms with van der Waals surface area (Å²) in [6, 6.07) is 7.62. The Morgan fingerprint density at radius 3 is 3.00 bits per heavy atom. The normalized spacial score (nSPS) is 27.4. The van der Waals surface area contributed by atoms with Gasteiger partial charge in [0.05, 0.1) is 7.11 Å². The molecule has 98 valence electrons. The molecule has 2 heterocycles. The SMILES string of the molecule is CN[C@H]1c2cc(OC)ccc2CN2CCCC[C@@H]12. The molecule has 1 aromatic rings. The maximum Gasteiger partial charge on any atom is 0.119 e. The molecule has 2 aliphatic rings. The van der Waals surface area contributed by atoms with E-state index in [1.165, 1.54) is 36.9 Å². The summed E-state index contributed by atoms with van der Waals surface area (Å²) in [4.78, 5) is 2.64. The third kappa shape index (κ3) is 1.91. The first kappa shape index (κ1) is 12.0. The predicted molar refractivity (Wildman–Crippen MR) is 72.8 cm³/mol. The third-order valence-corrected chi connectivity index (χ3v) is 4.42. The number of hydrogen-bond acceptors (Lipinski definition) is 3. The van der Waals surface area contributed by atoms with Gasteiger partial charge in [-0.05, 0) is 49.7 Å². The fraction of sp³-hybridized carbons (Fsp3) is 0.600. The van der Waals surface area contributed by atoms with Gasteiger partial charge in [0.15, 0.2) is 0 Å². The number of benzene rings is 1. The number of likely N-dealkylation sites (N-methyl/N-ethyl adjacent to an activating group) is 1. The Kier molecular flexibility index (Phi) is 3.27. The van der Waals surface area contributed by atoms with Crippen LogP contribution in [0.5, 0.6) is 5.75 Å². The lowest BCUT2D eigenvalue weighted by Gasteiger charge is -2.45. The Morgan fingerprint density at radius 2 is 2.22 bits per heavy atom. The van der Waals surface area contributed by atoms with Crippen LogP contribution < -0.4 is 10.1 Å². The second-order valence-corrected chi connectivity index (χ2v) is 5.36. The Bertz CT molecular complexity index is 433. The second kappa shape index (κ2) is 4.90. The number of nitrogens with zero attached hydrogens (tertiary/aromatic N) is 1. The average Bonchev–Trinajstić information content (AvgIpc) is 2.44. The van der Waals surface area contributed by atoms with Crippen molar-refractivity contribution in [2.75, 3.05) is 20.7 Å². The molecule has 0 aromatic heterocycles. The lowest BCUT2D eigenvalue weighted by Crippen LogP contribution is -2.49. The quantitative estimate of drug-likeness (QED) is 0.866.